The van der Waals surface area contributed by atoms with Crippen molar-refractivity contribution in [3.05, 3.63) is 34.9 Å². The number of halogens is 1. The summed E-state index contributed by atoms with van der Waals surface area (Å²) >= 11 is 6.27. The number of carbonyl (C=O) groups is 1. The lowest BCUT2D eigenvalue weighted by atomic mass is 10.0. The van der Waals surface area contributed by atoms with E-state index in [1.54, 1.807) is 0 Å². The minimum atomic E-state index is -0.0278. The van der Waals surface area contributed by atoms with Crippen LogP contribution in [0.25, 0.3) is 0 Å². The molecular weight excluding hydrogens is 272 g/mol. The lowest BCUT2D eigenvalue weighted by Crippen LogP contribution is -2.35. The Hall–Kier alpha value is -1.06. The Kier molecular flexibility index (Phi) is 5.44. The van der Waals surface area contributed by atoms with Crippen molar-refractivity contribution < 1.29 is 4.79 Å². The average Bonchev–Trinajstić information content (AvgIpc) is 2.88. The number of hydrogen-bond acceptors (Lipinski definition) is 2. The van der Waals surface area contributed by atoms with Crippen molar-refractivity contribution >= 4 is 17.5 Å². The van der Waals surface area contributed by atoms with Crippen molar-refractivity contribution in [2.45, 2.75) is 51.1 Å². The fraction of sp³-hybridized carbons (Fsp3) is 0.562. The predicted molar refractivity (Wildman–Crippen MR) is 82.6 cm³/mol. The van der Waals surface area contributed by atoms with E-state index in [1.165, 1.54) is 0 Å². The standard InChI is InChI=1S/C16H23ClN2O/c1-2-6-12(18)11-16(20)19-10-5-9-15(19)13-7-3-4-8-14(13)17/h3-4,7-8,12,15H,2,5-6,9-11,18H2,1H3. The number of carbonyl (C=O) groups excluding carboxylic acids is 1. The molecule has 4 heteroatoms. The van der Waals surface area contributed by atoms with Crippen LogP contribution >= 0.6 is 11.6 Å². The molecule has 2 atom stereocenters. The predicted octanol–water partition coefficient (Wildman–Crippen LogP) is 3.52. The molecule has 1 fully saturated rings. The summed E-state index contributed by atoms with van der Waals surface area (Å²) in [5.41, 5.74) is 7.05. The first-order valence-electron chi connectivity index (χ1n) is 7.43. The second-order valence-electron chi connectivity index (χ2n) is 5.52. The highest BCUT2D eigenvalue weighted by atomic mass is 35.5. The van der Waals surface area contributed by atoms with Crippen LogP contribution in [0.2, 0.25) is 5.02 Å². The molecule has 2 N–H and O–H groups in total. The van der Waals surface area contributed by atoms with Crippen molar-refractivity contribution in [3.63, 3.8) is 0 Å². The molecule has 0 aromatic heterocycles. The van der Waals surface area contributed by atoms with Gasteiger partial charge in [0, 0.05) is 24.0 Å². The van der Waals surface area contributed by atoms with Crippen LogP contribution in [0.1, 0.15) is 50.6 Å². The maximum Gasteiger partial charge on any atom is 0.224 e. The smallest absolute Gasteiger partial charge is 0.224 e. The van der Waals surface area contributed by atoms with Gasteiger partial charge in [0.2, 0.25) is 5.91 Å². The largest absolute Gasteiger partial charge is 0.336 e. The van der Waals surface area contributed by atoms with E-state index >= 15 is 0 Å². The van der Waals surface area contributed by atoms with Crippen LogP contribution in [0.15, 0.2) is 24.3 Å². The quantitative estimate of drug-likeness (QED) is 0.903. The highest BCUT2D eigenvalue weighted by Gasteiger charge is 2.31. The summed E-state index contributed by atoms with van der Waals surface area (Å²) in [6, 6.07) is 7.89. The molecule has 0 radical (unpaired) electrons. The van der Waals surface area contributed by atoms with Crippen LogP contribution in [0.4, 0.5) is 0 Å². The van der Waals surface area contributed by atoms with Crippen LogP contribution in [0.3, 0.4) is 0 Å². The van der Waals surface area contributed by atoms with Crippen molar-refractivity contribution in [2.24, 2.45) is 5.73 Å². The topological polar surface area (TPSA) is 46.3 Å². The molecule has 0 spiro atoms. The summed E-state index contributed by atoms with van der Waals surface area (Å²) in [6.45, 7) is 2.90. The molecule has 1 amide bonds. The van der Waals surface area contributed by atoms with Crippen molar-refractivity contribution in [3.8, 4) is 0 Å². The zero-order chi connectivity index (χ0) is 14.5. The number of benzene rings is 1. The van der Waals surface area contributed by atoms with Gasteiger partial charge in [-0.25, -0.2) is 0 Å². The summed E-state index contributed by atoms with van der Waals surface area (Å²) in [5, 5.41) is 0.745. The lowest BCUT2D eigenvalue weighted by molar-refractivity contribution is -0.132. The Morgan fingerprint density at radius 1 is 1.50 bits per heavy atom. The van der Waals surface area contributed by atoms with E-state index in [9.17, 15) is 4.79 Å². The van der Waals surface area contributed by atoms with Gasteiger partial charge < -0.3 is 10.6 Å². The molecule has 0 aliphatic carbocycles. The zero-order valence-corrected chi connectivity index (χ0v) is 12.8. The fourth-order valence-corrected chi connectivity index (χ4v) is 3.21. The minimum absolute atomic E-state index is 0.0278. The summed E-state index contributed by atoms with van der Waals surface area (Å²) in [4.78, 5) is 14.4. The van der Waals surface area contributed by atoms with E-state index in [1.807, 2.05) is 29.2 Å². The number of rotatable bonds is 5. The number of nitrogens with two attached hydrogens (primary N) is 1. The molecule has 110 valence electrons. The van der Waals surface area contributed by atoms with Crippen LogP contribution in [0, 0.1) is 0 Å². The van der Waals surface area contributed by atoms with Crippen molar-refractivity contribution in [1.82, 2.24) is 4.90 Å². The Morgan fingerprint density at radius 2 is 2.25 bits per heavy atom. The summed E-state index contributed by atoms with van der Waals surface area (Å²) in [6.07, 6.45) is 4.37. The third-order valence-electron chi connectivity index (χ3n) is 3.93. The van der Waals surface area contributed by atoms with Crippen molar-refractivity contribution in [1.29, 1.82) is 0 Å². The molecule has 1 aliphatic heterocycles. The third kappa shape index (κ3) is 3.53. The Bertz CT molecular complexity index is 464. The molecule has 0 bridgehead atoms. The van der Waals surface area contributed by atoms with Gasteiger partial charge in [-0.05, 0) is 30.9 Å². The van der Waals surface area contributed by atoms with Gasteiger partial charge in [-0.2, -0.15) is 0 Å². The number of amides is 1. The minimum Gasteiger partial charge on any atom is -0.336 e. The molecule has 1 saturated heterocycles. The van der Waals surface area contributed by atoms with Crippen LogP contribution in [-0.2, 0) is 4.79 Å². The Morgan fingerprint density at radius 3 is 2.95 bits per heavy atom. The fourth-order valence-electron chi connectivity index (χ4n) is 2.95. The van der Waals surface area contributed by atoms with E-state index in [-0.39, 0.29) is 18.0 Å². The number of nitrogens with zero attached hydrogens (tertiary/aromatic N) is 1. The van der Waals surface area contributed by atoms with Gasteiger partial charge in [-0.3, -0.25) is 4.79 Å². The molecule has 1 aromatic carbocycles. The Labute approximate surface area is 126 Å². The number of likely N-dealkylation sites (tertiary alicyclic amines) is 1. The van der Waals surface area contributed by atoms with Gasteiger partial charge >= 0.3 is 0 Å². The van der Waals surface area contributed by atoms with Gasteiger partial charge in [-0.15, -0.1) is 0 Å². The normalized spacial score (nSPS) is 20.1. The second-order valence-corrected chi connectivity index (χ2v) is 5.93. The first kappa shape index (κ1) is 15.3. The van der Waals surface area contributed by atoms with E-state index in [0.717, 1.165) is 42.8 Å². The first-order valence-corrected chi connectivity index (χ1v) is 7.80. The summed E-state index contributed by atoms with van der Waals surface area (Å²) in [5.74, 6) is 0.161. The molecule has 1 aromatic rings. The maximum absolute atomic E-state index is 12.4. The van der Waals surface area contributed by atoms with E-state index in [4.69, 9.17) is 17.3 Å². The number of hydrogen-bond donors (Lipinski definition) is 1. The van der Waals surface area contributed by atoms with Crippen LogP contribution < -0.4 is 5.73 Å². The molecule has 2 rings (SSSR count). The van der Waals surface area contributed by atoms with E-state index in [0.29, 0.717) is 6.42 Å². The first-order chi connectivity index (χ1) is 9.63. The average molecular weight is 295 g/mol. The zero-order valence-electron chi connectivity index (χ0n) is 12.0. The summed E-state index contributed by atoms with van der Waals surface area (Å²) in [7, 11) is 0. The van der Waals surface area contributed by atoms with Crippen LogP contribution in [0.5, 0.6) is 0 Å². The van der Waals surface area contributed by atoms with Crippen LogP contribution in [-0.4, -0.2) is 23.4 Å². The van der Waals surface area contributed by atoms with Gasteiger partial charge in [0.05, 0.1) is 6.04 Å². The van der Waals surface area contributed by atoms with Crippen molar-refractivity contribution in [2.75, 3.05) is 6.54 Å². The SMILES string of the molecule is CCCC(N)CC(=O)N1CCCC1c1ccccc1Cl. The lowest BCUT2D eigenvalue weighted by Gasteiger charge is -2.27. The highest BCUT2D eigenvalue weighted by molar-refractivity contribution is 6.31. The van der Waals surface area contributed by atoms with Gasteiger partial charge in [-0.1, -0.05) is 43.1 Å². The molecular formula is C16H23ClN2O. The van der Waals surface area contributed by atoms with E-state index < -0.39 is 0 Å². The molecule has 1 aliphatic rings. The third-order valence-corrected chi connectivity index (χ3v) is 4.28. The van der Waals surface area contributed by atoms with Gasteiger partial charge in [0.25, 0.3) is 0 Å². The van der Waals surface area contributed by atoms with Gasteiger partial charge in [0.1, 0.15) is 0 Å². The monoisotopic (exact) mass is 294 g/mol. The molecule has 20 heavy (non-hydrogen) atoms. The molecule has 0 saturated carbocycles. The molecule has 2 unspecified atom stereocenters. The Balaban J connectivity index is 2.07. The maximum atomic E-state index is 12.4. The second kappa shape index (κ2) is 7.09. The molecule has 1 heterocycles. The summed E-state index contributed by atoms with van der Waals surface area (Å²) < 4.78 is 0. The van der Waals surface area contributed by atoms with Gasteiger partial charge in [0.15, 0.2) is 0 Å². The molecule has 3 nitrogen and oxygen atoms in total. The van der Waals surface area contributed by atoms with E-state index in [2.05, 4.69) is 6.92 Å². The highest BCUT2D eigenvalue weighted by Crippen LogP contribution is 2.36.